The van der Waals surface area contributed by atoms with Gasteiger partial charge < -0.3 is 4.74 Å². The van der Waals surface area contributed by atoms with Gasteiger partial charge in [-0.05, 0) is 31.6 Å². The van der Waals surface area contributed by atoms with Gasteiger partial charge in [0.1, 0.15) is 0 Å². The summed E-state index contributed by atoms with van der Waals surface area (Å²) in [5, 5.41) is 0. The van der Waals surface area contributed by atoms with E-state index in [0.717, 1.165) is 12.5 Å². The quantitative estimate of drug-likeness (QED) is 0.543. The lowest BCUT2D eigenvalue weighted by atomic mass is 9.95. The predicted octanol–water partition coefficient (Wildman–Crippen LogP) is 2.36. The molecule has 2 rings (SSSR count). The van der Waals surface area contributed by atoms with Gasteiger partial charge in [0.15, 0.2) is 0 Å². The van der Waals surface area contributed by atoms with Crippen molar-refractivity contribution >= 4 is 0 Å². The molecular weight excluding hydrogens is 124 g/mol. The fourth-order valence-electron chi connectivity index (χ4n) is 1.77. The summed E-state index contributed by atoms with van der Waals surface area (Å²) < 4.78 is 5.78. The summed E-state index contributed by atoms with van der Waals surface area (Å²) in [6.45, 7) is 3.30. The van der Waals surface area contributed by atoms with Crippen molar-refractivity contribution in [1.29, 1.82) is 0 Å². The van der Waals surface area contributed by atoms with Gasteiger partial charge in [-0.25, -0.2) is 0 Å². The molecule has 0 amide bonds. The van der Waals surface area contributed by atoms with Crippen LogP contribution in [0, 0.1) is 5.92 Å². The predicted molar refractivity (Wildman–Crippen MR) is 40.9 cm³/mol. The molecule has 1 aliphatic carbocycles. The zero-order valence-corrected chi connectivity index (χ0v) is 6.73. The summed E-state index contributed by atoms with van der Waals surface area (Å²) >= 11 is 0. The zero-order chi connectivity index (χ0) is 7.03. The molecule has 1 saturated carbocycles. The molecule has 58 valence electrons. The smallest absolute Gasteiger partial charge is 0.0685 e. The van der Waals surface area contributed by atoms with Gasteiger partial charge in [-0.15, -0.1) is 0 Å². The topological polar surface area (TPSA) is 9.23 Å². The highest BCUT2D eigenvalue weighted by molar-refractivity contribution is 4.97. The van der Waals surface area contributed by atoms with E-state index in [9.17, 15) is 0 Å². The Bertz CT molecular complexity index is 117. The molecule has 1 saturated heterocycles. The summed E-state index contributed by atoms with van der Waals surface area (Å²) in [6, 6.07) is 0. The minimum absolute atomic E-state index is 0.408. The van der Waals surface area contributed by atoms with Crippen LogP contribution in [0.15, 0.2) is 0 Å². The average Bonchev–Trinajstić information content (AvgIpc) is 2.72. The third-order valence-electron chi connectivity index (χ3n) is 3.02. The van der Waals surface area contributed by atoms with E-state index in [-0.39, 0.29) is 0 Å². The van der Waals surface area contributed by atoms with Crippen molar-refractivity contribution in [3.63, 3.8) is 0 Å². The van der Waals surface area contributed by atoms with Crippen molar-refractivity contribution in [3.05, 3.63) is 0 Å². The van der Waals surface area contributed by atoms with Gasteiger partial charge in [-0.2, -0.15) is 0 Å². The number of ether oxygens (including phenoxy) is 1. The molecule has 2 aliphatic rings. The molecule has 0 radical (unpaired) electrons. The minimum atomic E-state index is 0.408. The first-order valence-corrected chi connectivity index (χ1v) is 4.49. The highest BCUT2D eigenvalue weighted by atomic mass is 16.5. The Kier molecular flexibility index (Phi) is 1.48. The van der Waals surface area contributed by atoms with E-state index < -0.39 is 0 Å². The van der Waals surface area contributed by atoms with Gasteiger partial charge in [0, 0.05) is 0 Å². The first kappa shape index (κ1) is 6.66. The molecule has 1 spiro atoms. The van der Waals surface area contributed by atoms with Crippen molar-refractivity contribution in [2.75, 3.05) is 6.61 Å². The van der Waals surface area contributed by atoms with Crippen molar-refractivity contribution in [1.82, 2.24) is 0 Å². The average molecular weight is 140 g/mol. The van der Waals surface area contributed by atoms with Gasteiger partial charge in [0.2, 0.25) is 0 Å². The SMILES string of the molecule is CC[C@H]1CCC2(CC2)OC1. The lowest BCUT2D eigenvalue weighted by molar-refractivity contribution is -0.0348. The Balaban J connectivity index is 1.84. The first-order valence-electron chi connectivity index (χ1n) is 4.49. The van der Waals surface area contributed by atoms with E-state index >= 15 is 0 Å². The van der Waals surface area contributed by atoms with E-state index in [1.807, 2.05) is 0 Å². The van der Waals surface area contributed by atoms with Crippen LogP contribution in [0.1, 0.15) is 39.0 Å². The molecule has 10 heavy (non-hydrogen) atoms. The normalized spacial score (nSPS) is 36.3. The van der Waals surface area contributed by atoms with E-state index in [0.29, 0.717) is 5.60 Å². The molecule has 0 aromatic heterocycles. The van der Waals surface area contributed by atoms with Crippen LogP contribution in [0.2, 0.25) is 0 Å². The van der Waals surface area contributed by atoms with Crippen LogP contribution in [0.4, 0.5) is 0 Å². The maximum atomic E-state index is 5.78. The molecule has 1 heterocycles. The summed E-state index contributed by atoms with van der Waals surface area (Å²) in [5.41, 5.74) is 0.408. The third-order valence-corrected chi connectivity index (χ3v) is 3.02. The first-order chi connectivity index (χ1) is 4.85. The third kappa shape index (κ3) is 1.07. The molecular formula is C9H16O. The van der Waals surface area contributed by atoms with Gasteiger partial charge >= 0.3 is 0 Å². The van der Waals surface area contributed by atoms with E-state index in [1.165, 1.54) is 32.1 Å². The van der Waals surface area contributed by atoms with Crippen LogP contribution in [0.5, 0.6) is 0 Å². The highest BCUT2D eigenvalue weighted by Gasteiger charge is 2.46. The maximum absolute atomic E-state index is 5.78. The second-order valence-electron chi connectivity index (χ2n) is 3.81. The fourth-order valence-corrected chi connectivity index (χ4v) is 1.77. The fraction of sp³-hybridized carbons (Fsp3) is 1.00. The van der Waals surface area contributed by atoms with Crippen molar-refractivity contribution in [3.8, 4) is 0 Å². The molecule has 1 nitrogen and oxygen atoms in total. The molecule has 1 aliphatic heterocycles. The van der Waals surface area contributed by atoms with Crippen molar-refractivity contribution in [2.24, 2.45) is 5.92 Å². The molecule has 0 bridgehead atoms. The Hall–Kier alpha value is -0.0400. The highest BCUT2D eigenvalue weighted by Crippen LogP contribution is 2.47. The van der Waals surface area contributed by atoms with E-state index in [1.54, 1.807) is 0 Å². The van der Waals surface area contributed by atoms with Gasteiger partial charge in [0.25, 0.3) is 0 Å². The van der Waals surface area contributed by atoms with Crippen molar-refractivity contribution < 1.29 is 4.74 Å². The number of rotatable bonds is 1. The van der Waals surface area contributed by atoms with Crippen molar-refractivity contribution in [2.45, 2.75) is 44.6 Å². The number of hydrogen-bond donors (Lipinski definition) is 0. The molecule has 0 aromatic rings. The number of hydrogen-bond acceptors (Lipinski definition) is 1. The van der Waals surface area contributed by atoms with Crippen LogP contribution in [-0.2, 0) is 4.74 Å². The summed E-state index contributed by atoms with van der Waals surface area (Å²) in [6.07, 6.45) is 6.73. The van der Waals surface area contributed by atoms with E-state index in [2.05, 4.69) is 6.92 Å². The molecule has 1 atom stereocenters. The monoisotopic (exact) mass is 140 g/mol. The Morgan fingerprint density at radius 1 is 1.40 bits per heavy atom. The summed E-state index contributed by atoms with van der Waals surface area (Å²) in [7, 11) is 0. The van der Waals surface area contributed by atoms with Gasteiger partial charge in [0.05, 0.1) is 12.2 Å². The Labute approximate surface area is 62.8 Å². The Morgan fingerprint density at radius 2 is 2.20 bits per heavy atom. The summed E-state index contributed by atoms with van der Waals surface area (Å²) in [4.78, 5) is 0. The standard InChI is InChI=1S/C9H16O/c1-2-8-3-4-9(5-6-9)10-7-8/h8H,2-7H2,1H3/t8-/m0/s1. The minimum Gasteiger partial charge on any atom is -0.375 e. The van der Waals surface area contributed by atoms with Crippen LogP contribution in [0.3, 0.4) is 0 Å². The largest absolute Gasteiger partial charge is 0.375 e. The summed E-state index contributed by atoms with van der Waals surface area (Å²) in [5.74, 6) is 0.867. The Morgan fingerprint density at radius 3 is 2.60 bits per heavy atom. The van der Waals surface area contributed by atoms with Crippen LogP contribution < -0.4 is 0 Å². The van der Waals surface area contributed by atoms with Gasteiger partial charge in [-0.3, -0.25) is 0 Å². The van der Waals surface area contributed by atoms with Gasteiger partial charge in [-0.1, -0.05) is 13.3 Å². The van der Waals surface area contributed by atoms with Crippen LogP contribution in [-0.4, -0.2) is 12.2 Å². The molecule has 1 heteroatoms. The lowest BCUT2D eigenvalue weighted by Gasteiger charge is -2.28. The molecule has 2 fully saturated rings. The maximum Gasteiger partial charge on any atom is 0.0685 e. The molecule has 0 unspecified atom stereocenters. The second kappa shape index (κ2) is 2.23. The lowest BCUT2D eigenvalue weighted by Crippen LogP contribution is -2.26. The van der Waals surface area contributed by atoms with E-state index in [4.69, 9.17) is 4.74 Å². The molecule has 0 N–H and O–H groups in total. The van der Waals surface area contributed by atoms with Crippen LogP contribution >= 0.6 is 0 Å². The second-order valence-corrected chi connectivity index (χ2v) is 3.81. The zero-order valence-electron chi connectivity index (χ0n) is 6.73. The molecule has 0 aromatic carbocycles. The van der Waals surface area contributed by atoms with Crippen LogP contribution in [0.25, 0.3) is 0 Å².